The van der Waals surface area contributed by atoms with Gasteiger partial charge in [-0.3, -0.25) is 4.79 Å². The number of aromatic carboxylic acids is 1. The summed E-state index contributed by atoms with van der Waals surface area (Å²) in [5.74, 6) is -1.20. The highest BCUT2D eigenvalue weighted by molar-refractivity contribution is 5.95. The van der Waals surface area contributed by atoms with Crippen molar-refractivity contribution >= 4 is 22.6 Å². The summed E-state index contributed by atoms with van der Waals surface area (Å²) in [6.07, 6.45) is 4.35. The second-order valence-electron chi connectivity index (χ2n) is 7.38. The molecule has 1 unspecified atom stereocenters. The van der Waals surface area contributed by atoms with E-state index in [1.165, 1.54) is 12.3 Å². The highest BCUT2D eigenvalue weighted by Gasteiger charge is 2.30. The lowest BCUT2D eigenvalue weighted by molar-refractivity contribution is 0.0695. The maximum Gasteiger partial charge on any atom is 0.341 e. The van der Waals surface area contributed by atoms with Gasteiger partial charge in [-0.25, -0.2) is 9.18 Å². The monoisotopic (exact) mass is 344 g/mol. The molecule has 1 atom stereocenters. The van der Waals surface area contributed by atoms with Gasteiger partial charge in [0.2, 0.25) is 5.43 Å². The second-order valence-corrected chi connectivity index (χ2v) is 7.38. The summed E-state index contributed by atoms with van der Waals surface area (Å²) in [6, 6.07) is 1.42. The van der Waals surface area contributed by atoms with E-state index in [2.05, 4.69) is 6.92 Å². The molecule has 0 amide bonds. The van der Waals surface area contributed by atoms with E-state index in [4.69, 9.17) is 0 Å². The summed E-state index contributed by atoms with van der Waals surface area (Å²) in [6.45, 7) is 5.57. The SMILES string of the molecule is Cc1c(N2CCC(C)C2)c(F)cc2c(=O)c(C(=O)O)cn(C3CC3)c12. The average molecular weight is 344 g/mol. The third-order valence-electron chi connectivity index (χ3n) is 5.39. The van der Waals surface area contributed by atoms with Crippen molar-refractivity contribution in [2.45, 2.75) is 39.2 Å². The third-order valence-corrected chi connectivity index (χ3v) is 5.39. The lowest BCUT2D eigenvalue weighted by Crippen LogP contribution is -2.24. The number of hydrogen-bond donors (Lipinski definition) is 1. The summed E-state index contributed by atoms with van der Waals surface area (Å²) in [5, 5.41) is 9.50. The van der Waals surface area contributed by atoms with Gasteiger partial charge in [-0.2, -0.15) is 0 Å². The van der Waals surface area contributed by atoms with Gasteiger partial charge in [-0.1, -0.05) is 6.92 Å². The van der Waals surface area contributed by atoms with Gasteiger partial charge in [0, 0.05) is 30.7 Å². The molecule has 2 fully saturated rings. The molecule has 1 N–H and O–H groups in total. The van der Waals surface area contributed by atoms with E-state index < -0.39 is 17.2 Å². The van der Waals surface area contributed by atoms with Crippen LogP contribution in [0.4, 0.5) is 10.1 Å². The standard InChI is InChI=1S/C19H21FN2O3/c1-10-5-6-21(8-10)17-11(2)16-13(7-15(17)20)18(23)14(19(24)25)9-22(16)12-3-4-12/h7,9-10,12H,3-6,8H2,1-2H3,(H,24,25). The van der Waals surface area contributed by atoms with Crippen LogP contribution in [0, 0.1) is 18.7 Å². The molecule has 2 heterocycles. The first-order chi connectivity index (χ1) is 11.9. The summed E-state index contributed by atoms with van der Waals surface area (Å²) in [5.41, 5.74) is 1.05. The smallest absolute Gasteiger partial charge is 0.341 e. The van der Waals surface area contributed by atoms with Crippen molar-refractivity contribution in [3.05, 3.63) is 39.4 Å². The van der Waals surface area contributed by atoms with E-state index in [9.17, 15) is 19.1 Å². The number of carbonyl (C=O) groups is 1. The maximum atomic E-state index is 14.9. The van der Waals surface area contributed by atoms with E-state index in [1.807, 2.05) is 16.4 Å². The van der Waals surface area contributed by atoms with E-state index in [1.54, 1.807) is 0 Å². The van der Waals surface area contributed by atoms with Gasteiger partial charge in [0.1, 0.15) is 11.4 Å². The predicted octanol–water partition coefficient (Wildman–Crippen LogP) is 3.33. The van der Waals surface area contributed by atoms with Gasteiger partial charge < -0.3 is 14.6 Å². The van der Waals surface area contributed by atoms with Gasteiger partial charge in [0.15, 0.2) is 0 Å². The van der Waals surface area contributed by atoms with Crippen molar-refractivity contribution in [1.82, 2.24) is 4.57 Å². The fourth-order valence-corrected chi connectivity index (χ4v) is 3.99. The zero-order valence-electron chi connectivity index (χ0n) is 14.4. The van der Waals surface area contributed by atoms with E-state index >= 15 is 0 Å². The van der Waals surface area contributed by atoms with Crippen LogP contribution in [0.25, 0.3) is 10.9 Å². The normalized spacial score (nSPS) is 20.4. The minimum Gasteiger partial charge on any atom is -0.477 e. The van der Waals surface area contributed by atoms with Crippen LogP contribution in [-0.2, 0) is 0 Å². The fraction of sp³-hybridized carbons (Fsp3) is 0.474. The Balaban J connectivity index is 2.03. The molecule has 0 bridgehead atoms. The predicted molar refractivity (Wildman–Crippen MR) is 94.1 cm³/mol. The molecule has 0 radical (unpaired) electrons. The van der Waals surface area contributed by atoms with Crippen molar-refractivity contribution in [1.29, 1.82) is 0 Å². The molecule has 132 valence electrons. The third kappa shape index (κ3) is 2.51. The molecule has 2 aromatic rings. The van der Waals surface area contributed by atoms with Gasteiger partial charge in [0.25, 0.3) is 0 Å². The minimum atomic E-state index is -1.27. The number of anilines is 1. The molecule has 1 aliphatic carbocycles. The molecule has 4 rings (SSSR count). The Labute approximate surface area is 144 Å². The molecular formula is C19H21FN2O3. The number of aryl methyl sites for hydroxylation is 1. The molecule has 6 heteroatoms. The summed E-state index contributed by atoms with van der Waals surface area (Å²) in [7, 11) is 0. The number of nitrogens with zero attached hydrogens (tertiary/aromatic N) is 2. The van der Waals surface area contributed by atoms with Crippen LogP contribution < -0.4 is 10.3 Å². The molecule has 25 heavy (non-hydrogen) atoms. The molecule has 1 saturated heterocycles. The molecular weight excluding hydrogens is 323 g/mol. The first kappa shape index (κ1) is 16.1. The van der Waals surface area contributed by atoms with Gasteiger partial charge in [-0.15, -0.1) is 0 Å². The summed E-state index contributed by atoms with van der Waals surface area (Å²) < 4.78 is 16.8. The topological polar surface area (TPSA) is 62.5 Å². The average Bonchev–Trinajstić information content (AvgIpc) is 3.30. The number of rotatable bonds is 3. The zero-order valence-corrected chi connectivity index (χ0v) is 14.4. The van der Waals surface area contributed by atoms with Crippen molar-refractivity contribution in [3.63, 3.8) is 0 Å². The van der Waals surface area contributed by atoms with Crippen LogP contribution in [0.1, 0.15) is 48.1 Å². The first-order valence-corrected chi connectivity index (χ1v) is 8.74. The number of fused-ring (bicyclic) bond motifs is 1. The Hall–Kier alpha value is -2.37. The quantitative estimate of drug-likeness (QED) is 0.928. The minimum absolute atomic E-state index is 0.165. The molecule has 1 saturated carbocycles. The molecule has 5 nitrogen and oxygen atoms in total. The van der Waals surface area contributed by atoms with Crippen molar-refractivity contribution in [3.8, 4) is 0 Å². The van der Waals surface area contributed by atoms with Crippen molar-refractivity contribution in [2.24, 2.45) is 5.92 Å². The maximum absolute atomic E-state index is 14.9. The Bertz CT molecular complexity index is 946. The van der Waals surface area contributed by atoms with Crippen LogP contribution in [0.15, 0.2) is 17.1 Å². The summed E-state index contributed by atoms with van der Waals surface area (Å²) in [4.78, 5) is 26.1. The van der Waals surface area contributed by atoms with Crippen LogP contribution in [0.2, 0.25) is 0 Å². The molecule has 0 spiro atoms. The number of aromatic nitrogens is 1. The van der Waals surface area contributed by atoms with Gasteiger partial charge in [-0.05, 0) is 43.7 Å². The summed E-state index contributed by atoms with van der Waals surface area (Å²) >= 11 is 0. The first-order valence-electron chi connectivity index (χ1n) is 8.74. The number of benzene rings is 1. The zero-order chi connectivity index (χ0) is 17.9. The van der Waals surface area contributed by atoms with Crippen LogP contribution in [0.3, 0.4) is 0 Å². The fourth-order valence-electron chi connectivity index (χ4n) is 3.99. The van der Waals surface area contributed by atoms with E-state index in [0.717, 1.165) is 37.9 Å². The second kappa shape index (κ2) is 5.58. The highest BCUT2D eigenvalue weighted by atomic mass is 19.1. The Morgan fingerprint density at radius 3 is 2.60 bits per heavy atom. The van der Waals surface area contributed by atoms with E-state index in [0.29, 0.717) is 17.1 Å². The van der Waals surface area contributed by atoms with Crippen molar-refractivity contribution in [2.75, 3.05) is 18.0 Å². The number of pyridine rings is 1. The van der Waals surface area contributed by atoms with Crippen LogP contribution >= 0.6 is 0 Å². The Morgan fingerprint density at radius 2 is 2.04 bits per heavy atom. The number of carboxylic acids is 1. The Kier molecular flexibility index (Phi) is 3.60. The van der Waals surface area contributed by atoms with Gasteiger partial charge >= 0.3 is 5.97 Å². The van der Waals surface area contributed by atoms with Crippen LogP contribution in [-0.4, -0.2) is 28.7 Å². The van der Waals surface area contributed by atoms with Crippen LogP contribution in [0.5, 0.6) is 0 Å². The number of carboxylic acid groups (broad SMARTS) is 1. The Morgan fingerprint density at radius 1 is 1.32 bits per heavy atom. The lowest BCUT2D eigenvalue weighted by atomic mass is 10.0. The number of hydrogen-bond acceptors (Lipinski definition) is 3. The number of halogens is 1. The highest BCUT2D eigenvalue weighted by Crippen LogP contribution is 2.40. The lowest BCUT2D eigenvalue weighted by Gasteiger charge is -2.24. The van der Waals surface area contributed by atoms with Crippen molar-refractivity contribution < 1.29 is 14.3 Å². The molecule has 1 aromatic carbocycles. The molecule has 1 aliphatic heterocycles. The largest absolute Gasteiger partial charge is 0.477 e. The molecule has 1 aromatic heterocycles. The van der Waals surface area contributed by atoms with Gasteiger partial charge in [0.05, 0.1) is 11.2 Å². The van der Waals surface area contributed by atoms with E-state index in [-0.39, 0.29) is 17.0 Å². The molecule has 2 aliphatic rings.